The molecule has 1 atom stereocenters. The van der Waals surface area contributed by atoms with Crippen LogP contribution in [0.3, 0.4) is 0 Å². The van der Waals surface area contributed by atoms with Crippen LogP contribution in [-0.2, 0) is 0 Å². The Kier molecular flexibility index (Phi) is 4.08. The molecule has 21 heavy (non-hydrogen) atoms. The largest absolute Gasteiger partial charge is 0.314 e. The van der Waals surface area contributed by atoms with Gasteiger partial charge in [-0.15, -0.1) is 0 Å². The molecule has 1 N–H and O–H groups in total. The molecule has 2 aromatic rings. The summed E-state index contributed by atoms with van der Waals surface area (Å²) in [5.74, 6) is 0.0765. The van der Waals surface area contributed by atoms with Crippen LogP contribution in [0.1, 0.15) is 36.7 Å². The lowest BCUT2D eigenvalue weighted by Crippen LogP contribution is -2.45. The van der Waals surface area contributed by atoms with Gasteiger partial charge in [-0.3, -0.25) is 14.3 Å². The molecule has 0 bridgehead atoms. The van der Waals surface area contributed by atoms with Gasteiger partial charge in [-0.05, 0) is 18.1 Å². The maximum atomic E-state index is 11.9. The molecule has 0 radical (unpaired) electrons. The summed E-state index contributed by atoms with van der Waals surface area (Å²) in [5.41, 5.74) is 2.30. The molecule has 1 fully saturated rings. The first-order chi connectivity index (χ1) is 10.2. The normalized spacial score (nSPS) is 18.0. The zero-order valence-electron chi connectivity index (χ0n) is 12.8. The maximum absolute atomic E-state index is 11.9. The van der Waals surface area contributed by atoms with E-state index >= 15 is 0 Å². The van der Waals surface area contributed by atoms with Gasteiger partial charge in [0.1, 0.15) is 0 Å². The van der Waals surface area contributed by atoms with Crippen molar-refractivity contribution in [2.75, 3.05) is 26.2 Å². The highest BCUT2D eigenvalue weighted by Crippen LogP contribution is 2.32. The average Bonchev–Trinajstić information content (AvgIpc) is 2.89. The summed E-state index contributed by atoms with van der Waals surface area (Å²) in [6.07, 6.45) is 3.11. The molecule has 0 saturated carbocycles. The molecule has 4 nitrogen and oxygen atoms in total. The molecular formula is C17H23N3O. The van der Waals surface area contributed by atoms with Crippen LogP contribution in [0, 0.1) is 0 Å². The van der Waals surface area contributed by atoms with E-state index in [0.29, 0.717) is 6.04 Å². The molecule has 1 saturated heterocycles. The molecule has 0 spiro atoms. The third-order valence-electron chi connectivity index (χ3n) is 4.42. The van der Waals surface area contributed by atoms with Gasteiger partial charge in [0.2, 0.25) is 5.91 Å². The van der Waals surface area contributed by atoms with E-state index in [0.717, 1.165) is 38.1 Å². The van der Waals surface area contributed by atoms with E-state index in [-0.39, 0.29) is 5.91 Å². The third kappa shape index (κ3) is 2.61. The second-order valence-corrected chi connectivity index (χ2v) is 5.70. The Balaban J connectivity index is 2.07. The summed E-state index contributed by atoms with van der Waals surface area (Å²) in [5, 5.41) is 4.61. The highest BCUT2D eigenvalue weighted by atomic mass is 16.1. The Labute approximate surface area is 125 Å². The van der Waals surface area contributed by atoms with Crippen LogP contribution < -0.4 is 5.32 Å². The minimum absolute atomic E-state index is 0.0765. The molecule has 112 valence electrons. The van der Waals surface area contributed by atoms with Crippen LogP contribution in [0.15, 0.2) is 30.5 Å². The number of fused-ring (bicyclic) bond motifs is 1. The molecule has 0 aliphatic carbocycles. The topological polar surface area (TPSA) is 37.3 Å². The van der Waals surface area contributed by atoms with Crippen molar-refractivity contribution in [3.63, 3.8) is 0 Å². The lowest BCUT2D eigenvalue weighted by atomic mass is 10.0. The summed E-state index contributed by atoms with van der Waals surface area (Å²) in [6, 6.07) is 8.61. The molecular weight excluding hydrogens is 262 g/mol. The first kappa shape index (κ1) is 14.3. The second-order valence-electron chi connectivity index (χ2n) is 5.70. The van der Waals surface area contributed by atoms with Crippen LogP contribution in [0.4, 0.5) is 0 Å². The van der Waals surface area contributed by atoms with E-state index in [1.807, 2.05) is 18.3 Å². The van der Waals surface area contributed by atoms with Crippen LogP contribution >= 0.6 is 0 Å². The number of nitrogens with zero attached hydrogens (tertiary/aromatic N) is 2. The Morgan fingerprint density at radius 2 is 2.00 bits per heavy atom. The fourth-order valence-electron chi connectivity index (χ4n) is 3.40. The number of para-hydroxylation sites is 1. The SMILES string of the molecule is CC[C@@H](c1cn(C(C)=O)c2ccccc12)N1CCNCC1. The zero-order valence-corrected chi connectivity index (χ0v) is 12.8. The number of benzene rings is 1. The van der Waals surface area contributed by atoms with Crippen molar-refractivity contribution in [3.05, 3.63) is 36.0 Å². The van der Waals surface area contributed by atoms with E-state index in [4.69, 9.17) is 0 Å². The van der Waals surface area contributed by atoms with E-state index in [1.165, 1.54) is 10.9 Å². The molecule has 2 heterocycles. The van der Waals surface area contributed by atoms with Crippen LogP contribution in [0.2, 0.25) is 0 Å². The quantitative estimate of drug-likeness (QED) is 0.942. The fourth-order valence-corrected chi connectivity index (χ4v) is 3.40. The van der Waals surface area contributed by atoms with Gasteiger partial charge in [0.05, 0.1) is 5.52 Å². The predicted octanol–water partition coefficient (Wildman–Crippen LogP) is 2.66. The lowest BCUT2D eigenvalue weighted by Gasteiger charge is -2.34. The van der Waals surface area contributed by atoms with Gasteiger partial charge in [-0.2, -0.15) is 0 Å². The smallest absolute Gasteiger partial charge is 0.227 e. The standard InChI is InChI=1S/C17H23N3O/c1-3-16(19-10-8-18-9-11-19)15-12-20(13(2)21)17-7-5-4-6-14(15)17/h4-7,12,16,18H,3,8-11H2,1-2H3/t16-/m0/s1. The van der Waals surface area contributed by atoms with Crippen LogP contribution in [-0.4, -0.2) is 41.6 Å². The number of rotatable bonds is 3. The number of carbonyl (C=O) groups is 1. The monoisotopic (exact) mass is 285 g/mol. The molecule has 1 aliphatic rings. The summed E-state index contributed by atoms with van der Waals surface area (Å²) in [7, 11) is 0. The first-order valence-corrected chi connectivity index (χ1v) is 7.78. The van der Waals surface area contributed by atoms with Gasteiger partial charge < -0.3 is 5.32 Å². The van der Waals surface area contributed by atoms with E-state index in [9.17, 15) is 4.79 Å². The minimum Gasteiger partial charge on any atom is -0.314 e. The molecule has 0 unspecified atom stereocenters. The predicted molar refractivity (Wildman–Crippen MR) is 85.7 cm³/mol. The van der Waals surface area contributed by atoms with Crippen molar-refractivity contribution in [2.45, 2.75) is 26.3 Å². The van der Waals surface area contributed by atoms with Gasteiger partial charge >= 0.3 is 0 Å². The molecule has 4 heteroatoms. The van der Waals surface area contributed by atoms with Gasteiger partial charge in [0.15, 0.2) is 0 Å². The van der Waals surface area contributed by atoms with Gasteiger partial charge in [-0.1, -0.05) is 25.1 Å². The first-order valence-electron chi connectivity index (χ1n) is 7.78. The fraction of sp³-hybridized carbons (Fsp3) is 0.471. The van der Waals surface area contributed by atoms with E-state index in [2.05, 4.69) is 29.3 Å². The third-order valence-corrected chi connectivity index (χ3v) is 4.42. The summed E-state index contributed by atoms with van der Waals surface area (Å²) in [6.45, 7) is 8.08. The molecule has 0 amide bonds. The van der Waals surface area contributed by atoms with Crippen molar-refractivity contribution < 1.29 is 4.79 Å². The molecule has 1 aromatic carbocycles. The van der Waals surface area contributed by atoms with Crippen molar-refractivity contribution >= 4 is 16.8 Å². The number of aromatic nitrogens is 1. The highest BCUT2D eigenvalue weighted by molar-refractivity contribution is 5.93. The Morgan fingerprint density at radius 3 is 2.67 bits per heavy atom. The molecule has 3 rings (SSSR count). The van der Waals surface area contributed by atoms with E-state index in [1.54, 1.807) is 11.5 Å². The number of hydrogen-bond donors (Lipinski definition) is 1. The van der Waals surface area contributed by atoms with Crippen molar-refractivity contribution in [1.82, 2.24) is 14.8 Å². The van der Waals surface area contributed by atoms with Gasteiger partial charge in [-0.25, -0.2) is 0 Å². The second kappa shape index (κ2) is 6.00. The van der Waals surface area contributed by atoms with Gasteiger partial charge in [0.25, 0.3) is 0 Å². The maximum Gasteiger partial charge on any atom is 0.227 e. The van der Waals surface area contributed by atoms with Crippen molar-refractivity contribution in [2.24, 2.45) is 0 Å². The Bertz CT molecular complexity index is 641. The van der Waals surface area contributed by atoms with Crippen molar-refractivity contribution in [3.8, 4) is 0 Å². The van der Waals surface area contributed by atoms with Crippen molar-refractivity contribution in [1.29, 1.82) is 0 Å². The number of piperazine rings is 1. The highest BCUT2D eigenvalue weighted by Gasteiger charge is 2.24. The summed E-state index contributed by atoms with van der Waals surface area (Å²) >= 11 is 0. The average molecular weight is 285 g/mol. The van der Waals surface area contributed by atoms with E-state index < -0.39 is 0 Å². The molecule has 1 aromatic heterocycles. The number of nitrogens with one attached hydrogen (secondary N) is 1. The van der Waals surface area contributed by atoms with Gasteiger partial charge in [0, 0.05) is 50.7 Å². The number of hydrogen-bond acceptors (Lipinski definition) is 3. The van der Waals surface area contributed by atoms with Crippen LogP contribution in [0.5, 0.6) is 0 Å². The zero-order chi connectivity index (χ0) is 14.8. The molecule has 1 aliphatic heterocycles. The Hall–Kier alpha value is -1.65. The van der Waals surface area contributed by atoms with Crippen LogP contribution in [0.25, 0.3) is 10.9 Å². The summed E-state index contributed by atoms with van der Waals surface area (Å²) in [4.78, 5) is 14.4. The summed E-state index contributed by atoms with van der Waals surface area (Å²) < 4.78 is 1.79. The number of carbonyl (C=O) groups excluding carboxylic acids is 1. The minimum atomic E-state index is 0.0765. The lowest BCUT2D eigenvalue weighted by molar-refractivity contribution is 0.0941. The Morgan fingerprint density at radius 1 is 1.29 bits per heavy atom.